The molecule has 1 aliphatic rings. The Hall–Kier alpha value is -1.80. The van der Waals surface area contributed by atoms with Crippen LogP contribution in [-0.4, -0.2) is 33.4 Å². The molecule has 0 aromatic heterocycles. The Morgan fingerprint density at radius 1 is 1.19 bits per heavy atom. The Morgan fingerprint density at radius 2 is 1.81 bits per heavy atom. The molecule has 86 valence electrons. The van der Waals surface area contributed by atoms with Crippen LogP contribution in [0.3, 0.4) is 0 Å². The summed E-state index contributed by atoms with van der Waals surface area (Å²) < 4.78 is 10.6. The second-order valence-corrected chi connectivity index (χ2v) is 3.27. The Morgan fingerprint density at radius 3 is 2.44 bits per heavy atom. The van der Waals surface area contributed by atoms with E-state index in [0.717, 1.165) is 32.1 Å². The van der Waals surface area contributed by atoms with Gasteiger partial charge in [-0.15, -0.1) is 0 Å². The van der Waals surface area contributed by atoms with Crippen molar-refractivity contribution in [2.45, 2.75) is 0 Å². The summed E-state index contributed by atoms with van der Waals surface area (Å²) >= 11 is 0. The summed E-state index contributed by atoms with van der Waals surface area (Å²) in [5.41, 5.74) is 1.17. The van der Waals surface area contributed by atoms with Gasteiger partial charge in [0.05, 0.1) is 26.0 Å². The van der Waals surface area contributed by atoms with Crippen LogP contribution >= 0.6 is 0 Å². The van der Waals surface area contributed by atoms with Gasteiger partial charge in [-0.05, 0) is 12.1 Å². The fraction of sp³-hybridized carbons (Fsp3) is 0.455. The molecule has 0 spiro atoms. The molecule has 1 aromatic rings. The van der Waals surface area contributed by atoms with Gasteiger partial charge in [-0.3, -0.25) is 0 Å². The molecule has 0 aliphatic carbocycles. The minimum atomic E-state index is 0.804. The molecule has 0 bridgehead atoms. The van der Waals surface area contributed by atoms with Crippen LogP contribution in [-0.2, 0) is 4.74 Å². The molecule has 1 heterocycles. The van der Waals surface area contributed by atoms with E-state index in [1.165, 1.54) is 5.69 Å². The summed E-state index contributed by atoms with van der Waals surface area (Å²) in [4.78, 5) is 2.29. The number of benzene rings is 1. The van der Waals surface area contributed by atoms with E-state index in [1.807, 2.05) is 18.2 Å². The lowest BCUT2D eigenvalue weighted by atomic mass is 10.2. The third-order valence-electron chi connectivity index (χ3n) is 2.44. The number of hydrogen-bond acceptors (Lipinski definition) is 5. The van der Waals surface area contributed by atoms with Crippen molar-refractivity contribution in [2.75, 3.05) is 38.3 Å². The Labute approximate surface area is 95.0 Å². The first-order valence-corrected chi connectivity index (χ1v) is 5.07. The van der Waals surface area contributed by atoms with Gasteiger partial charge in [-0.2, -0.15) is 0 Å². The lowest BCUT2D eigenvalue weighted by Crippen LogP contribution is -2.36. The van der Waals surface area contributed by atoms with Crippen molar-refractivity contribution in [1.82, 2.24) is 0 Å². The molecule has 1 saturated heterocycles. The van der Waals surface area contributed by atoms with Gasteiger partial charge in [-0.25, -0.2) is 0 Å². The summed E-state index contributed by atoms with van der Waals surface area (Å²) in [6.07, 6.45) is 0. The average molecular weight is 221 g/mol. The molecule has 0 saturated carbocycles. The summed E-state index contributed by atoms with van der Waals surface area (Å²) in [5.74, 6) is 0.939. The molecular weight excluding hydrogens is 206 g/mol. The Kier molecular flexibility index (Phi) is 5.09. The summed E-state index contributed by atoms with van der Waals surface area (Å²) in [5, 5.41) is 12.0. The van der Waals surface area contributed by atoms with E-state index >= 15 is 0 Å². The quantitative estimate of drug-likeness (QED) is 0.709. The van der Waals surface area contributed by atoms with Crippen molar-refractivity contribution in [3.63, 3.8) is 0 Å². The zero-order valence-corrected chi connectivity index (χ0v) is 9.30. The molecule has 0 N–H and O–H groups in total. The van der Waals surface area contributed by atoms with Crippen LogP contribution in [0.25, 0.3) is 0 Å². The number of para-hydroxylation sites is 2. The van der Waals surface area contributed by atoms with Gasteiger partial charge in [0.25, 0.3) is 0 Å². The fourth-order valence-electron chi connectivity index (χ4n) is 1.70. The summed E-state index contributed by atoms with van der Waals surface area (Å²) in [7, 11) is 1.71. The summed E-state index contributed by atoms with van der Waals surface area (Å²) in [6.45, 7) is 3.50. The molecule has 2 rings (SSSR count). The summed E-state index contributed by atoms with van der Waals surface area (Å²) in [6, 6.07) is 8.10. The predicted octanol–water partition coefficient (Wildman–Crippen LogP) is 1.56. The first-order valence-electron chi connectivity index (χ1n) is 5.07. The number of nitrogens with zero attached hydrogens (tertiary/aromatic N) is 3. The highest BCUT2D eigenvalue weighted by atomic mass is 16.5. The molecule has 0 atom stereocenters. The Balaban J connectivity index is 0.000000606. The van der Waals surface area contributed by atoms with Crippen molar-refractivity contribution in [3.05, 3.63) is 24.3 Å². The highest BCUT2D eigenvalue weighted by molar-refractivity contribution is 5.58. The molecule has 1 aliphatic heterocycles. The van der Waals surface area contributed by atoms with E-state index in [-0.39, 0.29) is 0 Å². The van der Waals surface area contributed by atoms with Gasteiger partial charge in [0.2, 0.25) is 0 Å². The third kappa shape index (κ3) is 2.84. The molecular formula is C11H15N3O2. The normalized spacial score (nSPS) is 14.8. The van der Waals surface area contributed by atoms with Gasteiger partial charge in [0.15, 0.2) is 0 Å². The predicted molar refractivity (Wildman–Crippen MR) is 59.5 cm³/mol. The van der Waals surface area contributed by atoms with E-state index in [2.05, 4.69) is 11.0 Å². The lowest BCUT2D eigenvalue weighted by Gasteiger charge is -2.29. The number of rotatable bonds is 2. The van der Waals surface area contributed by atoms with Crippen LogP contribution in [0.5, 0.6) is 5.75 Å². The topological polar surface area (TPSA) is 69.3 Å². The maximum absolute atomic E-state index is 6.00. The third-order valence-corrected chi connectivity index (χ3v) is 2.44. The molecule has 0 radical (unpaired) electrons. The second kappa shape index (κ2) is 6.64. The maximum atomic E-state index is 6.00. The van der Waals surface area contributed by atoms with Gasteiger partial charge < -0.3 is 14.4 Å². The highest BCUT2D eigenvalue weighted by Gasteiger charge is 2.14. The molecule has 5 nitrogen and oxygen atoms in total. The van der Waals surface area contributed by atoms with E-state index in [4.69, 9.17) is 20.3 Å². The Bertz CT molecular complexity index is 335. The van der Waals surface area contributed by atoms with Crippen LogP contribution < -0.4 is 9.64 Å². The molecule has 0 unspecified atom stereocenters. The maximum Gasteiger partial charge on any atom is 0.142 e. The van der Waals surface area contributed by atoms with Crippen molar-refractivity contribution >= 4 is 5.69 Å². The van der Waals surface area contributed by atoms with Crippen molar-refractivity contribution < 1.29 is 9.47 Å². The van der Waals surface area contributed by atoms with Crippen LogP contribution in [0, 0.1) is 10.8 Å². The molecule has 1 aromatic carbocycles. The first kappa shape index (κ1) is 12.3. The van der Waals surface area contributed by atoms with Gasteiger partial charge in [0, 0.05) is 23.9 Å². The largest absolute Gasteiger partial charge is 0.495 e. The van der Waals surface area contributed by atoms with Crippen molar-refractivity contribution in [2.24, 2.45) is 0 Å². The number of anilines is 1. The molecule has 16 heavy (non-hydrogen) atoms. The van der Waals surface area contributed by atoms with E-state index in [0.29, 0.717) is 0 Å². The highest BCUT2D eigenvalue weighted by Crippen LogP contribution is 2.27. The average Bonchev–Trinajstić information content (AvgIpc) is 2.42. The number of ether oxygens (including phenoxy) is 2. The number of morpholine rings is 1. The van der Waals surface area contributed by atoms with Crippen molar-refractivity contribution in [3.8, 4) is 5.75 Å². The van der Waals surface area contributed by atoms with Gasteiger partial charge in [0.1, 0.15) is 5.75 Å². The number of hydrogen-bond donors (Lipinski definition) is 0. The van der Waals surface area contributed by atoms with Crippen LogP contribution in [0.4, 0.5) is 5.69 Å². The smallest absolute Gasteiger partial charge is 0.142 e. The first-order chi connectivity index (χ1) is 7.92. The van der Waals surface area contributed by atoms with E-state index in [9.17, 15) is 0 Å². The molecule has 0 amide bonds. The second-order valence-electron chi connectivity index (χ2n) is 3.27. The SMILES string of the molecule is COc1ccccc1N1CCOCC1.N#N. The zero-order valence-electron chi connectivity index (χ0n) is 9.30. The molecule has 5 heteroatoms. The van der Waals surface area contributed by atoms with Crippen LogP contribution in [0.15, 0.2) is 24.3 Å². The van der Waals surface area contributed by atoms with Gasteiger partial charge in [-0.1, -0.05) is 12.1 Å². The number of methoxy groups -OCH3 is 1. The zero-order chi connectivity index (χ0) is 11.8. The monoisotopic (exact) mass is 221 g/mol. The van der Waals surface area contributed by atoms with E-state index < -0.39 is 0 Å². The molecule has 1 fully saturated rings. The minimum absolute atomic E-state index is 0.804. The van der Waals surface area contributed by atoms with Gasteiger partial charge >= 0.3 is 0 Å². The van der Waals surface area contributed by atoms with Crippen LogP contribution in [0.2, 0.25) is 0 Å². The minimum Gasteiger partial charge on any atom is -0.495 e. The van der Waals surface area contributed by atoms with Crippen molar-refractivity contribution in [1.29, 1.82) is 10.8 Å². The standard InChI is InChI=1S/C11H15NO2.N2/c1-13-11-5-3-2-4-10(11)12-6-8-14-9-7-12;1-2/h2-5H,6-9H2,1H3;. The van der Waals surface area contributed by atoms with E-state index in [1.54, 1.807) is 7.11 Å². The van der Waals surface area contributed by atoms with Crippen LogP contribution in [0.1, 0.15) is 0 Å². The fourth-order valence-corrected chi connectivity index (χ4v) is 1.70. The lowest BCUT2D eigenvalue weighted by molar-refractivity contribution is 0.122.